The van der Waals surface area contributed by atoms with Gasteiger partial charge in [-0.15, -0.1) is 0 Å². The average molecular weight is 259 g/mol. The van der Waals surface area contributed by atoms with Crippen LogP contribution in [0.4, 0.5) is 0 Å². The SMILES string of the molecule is Clc1ccc(-n2cncn2)c(Br)c1. The Morgan fingerprint density at radius 2 is 2.23 bits per heavy atom. The number of rotatable bonds is 1. The summed E-state index contributed by atoms with van der Waals surface area (Å²) in [5, 5.41) is 4.70. The second-order valence-electron chi connectivity index (χ2n) is 2.44. The first-order valence-corrected chi connectivity index (χ1v) is 4.74. The third-order valence-corrected chi connectivity index (χ3v) is 2.45. The maximum atomic E-state index is 5.80. The molecule has 0 saturated carbocycles. The van der Waals surface area contributed by atoms with Crippen molar-refractivity contribution in [1.82, 2.24) is 14.8 Å². The van der Waals surface area contributed by atoms with Gasteiger partial charge in [-0.3, -0.25) is 0 Å². The van der Waals surface area contributed by atoms with Gasteiger partial charge in [0.2, 0.25) is 0 Å². The summed E-state index contributed by atoms with van der Waals surface area (Å²) >= 11 is 9.20. The van der Waals surface area contributed by atoms with Crippen LogP contribution in [0, 0.1) is 0 Å². The number of hydrogen-bond donors (Lipinski definition) is 0. The smallest absolute Gasteiger partial charge is 0.138 e. The van der Waals surface area contributed by atoms with E-state index in [2.05, 4.69) is 26.0 Å². The lowest BCUT2D eigenvalue weighted by Gasteiger charge is -2.02. The average Bonchev–Trinajstić information content (AvgIpc) is 2.56. The van der Waals surface area contributed by atoms with Crippen LogP contribution in [0.5, 0.6) is 0 Å². The van der Waals surface area contributed by atoms with E-state index in [1.807, 2.05) is 18.2 Å². The monoisotopic (exact) mass is 257 g/mol. The van der Waals surface area contributed by atoms with E-state index in [0.717, 1.165) is 10.2 Å². The molecule has 2 aromatic rings. The van der Waals surface area contributed by atoms with E-state index >= 15 is 0 Å². The fourth-order valence-electron chi connectivity index (χ4n) is 1.000. The highest BCUT2D eigenvalue weighted by Crippen LogP contribution is 2.23. The Balaban J connectivity index is 2.53. The highest BCUT2D eigenvalue weighted by molar-refractivity contribution is 9.10. The summed E-state index contributed by atoms with van der Waals surface area (Å²) in [6, 6.07) is 5.50. The van der Waals surface area contributed by atoms with Crippen molar-refractivity contribution >= 4 is 27.5 Å². The zero-order valence-electron chi connectivity index (χ0n) is 6.48. The zero-order chi connectivity index (χ0) is 9.26. The maximum absolute atomic E-state index is 5.80. The molecule has 3 nitrogen and oxygen atoms in total. The van der Waals surface area contributed by atoms with E-state index in [4.69, 9.17) is 11.6 Å². The summed E-state index contributed by atoms with van der Waals surface area (Å²) < 4.78 is 2.56. The van der Waals surface area contributed by atoms with Gasteiger partial charge in [0.1, 0.15) is 12.7 Å². The Morgan fingerprint density at radius 1 is 1.38 bits per heavy atom. The van der Waals surface area contributed by atoms with Crippen LogP contribution in [0.25, 0.3) is 5.69 Å². The van der Waals surface area contributed by atoms with Crippen LogP contribution in [0.2, 0.25) is 5.02 Å². The summed E-state index contributed by atoms with van der Waals surface area (Å²) in [5.41, 5.74) is 0.918. The lowest BCUT2D eigenvalue weighted by molar-refractivity contribution is 0.874. The van der Waals surface area contributed by atoms with Gasteiger partial charge in [-0.1, -0.05) is 11.6 Å². The van der Waals surface area contributed by atoms with Crippen LogP contribution in [-0.2, 0) is 0 Å². The van der Waals surface area contributed by atoms with Crippen LogP contribution in [0.15, 0.2) is 35.3 Å². The fraction of sp³-hybridized carbons (Fsp3) is 0. The Kier molecular flexibility index (Phi) is 2.33. The molecule has 2 rings (SSSR count). The molecule has 0 atom stereocenters. The molecule has 0 aliphatic heterocycles. The van der Waals surface area contributed by atoms with E-state index in [1.54, 1.807) is 11.0 Å². The predicted molar refractivity (Wildman–Crippen MR) is 54.1 cm³/mol. The highest BCUT2D eigenvalue weighted by atomic mass is 79.9. The molecule has 0 N–H and O–H groups in total. The van der Waals surface area contributed by atoms with Crippen LogP contribution in [0.3, 0.4) is 0 Å². The summed E-state index contributed by atoms with van der Waals surface area (Å²) in [4.78, 5) is 3.86. The van der Waals surface area contributed by atoms with Crippen LogP contribution >= 0.6 is 27.5 Å². The summed E-state index contributed by atoms with van der Waals surface area (Å²) in [6.07, 6.45) is 3.12. The quantitative estimate of drug-likeness (QED) is 0.787. The molecule has 0 spiro atoms. The number of nitrogens with zero attached hydrogens (tertiary/aromatic N) is 3. The van der Waals surface area contributed by atoms with E-state index < -0.39 is 0 Å². The van der Waals surface area contributed by atoms with Gasteiger partial charge in [0.05, 0.1) is 5.69 Å². The molecule has 0 radical (unpaired) electrons. The number of aromatic nitrogens is 3. The molecule has 0 aliphatic rings. The molecule has 0 unspecified atom stereocenters. The van der Waals surface area contributed by atoms with Gasteiger partial charge in [0.25, 0.3) is 0 Å². The first kappa shape index (κ1) is 8.72. The van der Waals surface area contributed by atoms with Crippen molar-refractivity contribution in [2.24, 2.45) is 0 Å². The summed E-state index contributed by atoms with van der Waals surface area (Å²) in [6.45, 7) is 0. The molecule has 0 amide bonds. The Bertz CT molecular complexity index is 413. The minimum Gasteiger partial charge on any atom is -0.223 e. The van der Waals surface area contributed by atoms with Crippen LogP contribution in [-0.4, -0.2) is 14.8 Å². The first-order chi connectivity index (χ1) is 6.27. The van der Waals surface area contributed by atoms with E-state index in [9.17, 15) is 0 Å². The van der Waals surface area contributed by atoms with Gasteiger partial charge in [-0.25, -0.2) is 9.67 Å². The topological polar surface area (TPSA) is 30.7 Å². The Labute approximate surface area is 88.5 Å². The standard InChI is InChI=1S/C8H5BrClN3/c9-7-3-6(10)1-2-8(7)13-5-11-4-12-13/h1-5H. The molecule has 0 aliphatic carbocycles. The van der Waals surface area contributed by atoms with Gasteiger partial charge in [0.15, 0.2) is 0 Å². The minimum atomic E-state index is 0.691. The highest BCUT2D eigenvalue weighted by Gasteiger charge is 2.02. The first-order valence-electron chi connectivity index (χ1n) is 3.57. The van der Waals surface area contributed by atoms with Crippen LogP contribution in [0.1, 0.15) is 0 Å². The number of halogens is 2. The second-order valence-corrected chi connectivity index (χ2v) is 3.73. The minimum absolute atomic E-state index is 0.691. The molecule has 1 aromatic carbocycles. The molecule has 13 heavy (non-hydrogen) atoms. The van der Waals surface area contributed by atoms with E-state index in [-0.39, 0.29) is 0 Å². The molecule has 1 heterocycles. The number of hydrogen-bond acceptors (Lipinski definition) is 2. The molecule has 0 saturated heterocycles. The van der Waals surface area contributed by atoms with Gasteiger partial charge < -0.3 is 0 Å². The molecule has 0 fully saturated rings. The Morgan fingerprint density at radius 3 is 2.85 bits per heavy atom. The third kappa shape index (κ3) is 1.73. The van der Waals surface area contributed by atoms with Crippen molar-refractivity contribution in [2.75, 3.05) is 0 Å². The second kappa shape index (κ2) is 3.47. The van der Waals surface area contributed by atoms with Crippen molar-refractivity contribution in [3.05, 3.63) is 40.3 Å². The molecular formula is C8H5BrClN3. The van der Waals surface area contributed by atoms with Gasteiger partial charge in [-0.2, -0.15) is 5.10 Å². The predicted octanol–water partition coefficient (Wildman–Crippen LogP) is 2.68. The molecule has 1 aromatic heterocycles. The van der Waals surface area contributed by atoms with Gasteiger partial charge >= 0.3 is 0 Å². The largest absolute Gasteiger partial charge is 0.223 e. The maximum Gasteiger partial charge on any atom is 0.138 e. The van der Waals surface area contributed by atoms with E-state index in [1.165, 1.54) is 6.33 Å². The molecule has 5 heteroatoms. The normalized spacial score (nSPS) is 10.3. The summed E-state index contributed by atoms with van der Waals surface area (Å²) in [7, 11) is 0. The molecular weight excluding hydrogens is 253 g/mol. The molecule has 0 bridgehead atoms. The van der Waals surface area contributed by atoms with Gasteiger partial charge in [0, 0.05) is 9.50 Å². The summed E-state index contributed by atoms with van der Waals surface area (Å²) in [5.74, 6) is 0. The van der Waals surface area contributed by atoms with Crippen molar-refractivity contribution in [1.29, 1.82) is 0 Å². The van der Waals surface area contributed by atoms with Crippen molar-refractivity contribution < 1.29 is 0 Å². The van der Waals surface area contributed by atoms with Crippen molar-refractivity contribution in [3.63, 3.8) is 0 Å². The Hall–Kier alpha value is -0.870. The van der Waals surface area contributed by atoms with Crippen LogP contribution < -0.4 is 0 Å². The zero-order valence-corrected chi connectivity index (χ0v) is 8.83. The van der Waals surface area contributed by atoms with E-state index in [0.29, 0.717) is 5.02 Å². The van der Waals surface area contributed by atoms with Crippen molar-refractivity contribution in [3.8, 4) is 5.69 Å². The lowest BCUT2D eigenvalue weighted by Crippen LogP contribution is -1.94. The third-order valence-electron chi connectivity index (χ3n) is 1.58. The number of benzene rings is 1. The fourth-order valence-corrected chi connectivity index (χ4v) is 1.86. The molecule has 66 valence electrons. The van der Waals surface area contributed by atoms with Crippen molar-refractivity contribution in [2.45, 2.75) is 0 Å². The lowest BCUT2D eigenvalue weighted by atomic mass is 10.3. The van der Waals surface area contributed by atoms with Gasteiger partial charge in [-0.05, 0) is 34.1 Å².